The summed E-state index contributed by atoms with van der Waals surface area (Å²) in [4.78, 5) is 6.86. The number of benzene rings is 2. The molecule has 86 valence electrons. The maximum absolute atomic E-state index is 3.46. The summed E-state index contributed by atoms with van der Waals surface area (Å²) in [6, 6.07) is 21.2. The number of aromatic amines is 2. The van der Waals surface area contributed by atoms with Crippen LogP contribution >= 0.6 is 0 Å². The first-order valence-electron chi connectivity index (χ1n) is 6.05. The van der Waals surface area contributed by atoms with Crippen LogP contribution in [-0.4, -0.2) is 9.97 Å². The van der Waals surface area contributed by atoms with Crippen LogP contribution in [0.1, 0.15) is 0 Å². The first-order valence-corrected chi connectivity index (χ1v) is 6.05. The highest BCUT2D eigenvalue weighted by Crippen LogP contribution is 2.17. The number of aromatic nitrogens is 2. The fraction of sp³-hybridized carbons (Fsp3) is 0. The van der Waals surface area contributed by atoms with E-state index in [0.717, 1.165) is 22.1 Å². The van der Waals surface area contributed by atoms with Gasteiger partial charge in [-0.15, -0.1) is 0 Å². The van der Waals surface area contributed by atoms with Crippen molar-refractivity contribution in [2.75, 3.05) is 0 Å². The summed E-state index contributed by atoms with van der Waals surface area (Å²) < 4.78 is 0. The lowest BCUT2D eigenvalue weighted by molar-refractivity contribution is 1.48. The molecule has 0 fully saturated rings. The Hall–Kier alpha value is -2.48. The van der Waals surface area contributed by atoms with Gasteiger partial charge in [0, 0.05) is 22.1 Å². The second kappa shape index (κ2) is 3.50. The zero-order chi connectivity index (χ0) is 11.9. The van der Waals surface area contributed by atoms with Crippen LogP contribution in [-0.2, 0) is 0 Å². The van der Waals surface area contributed by atoms with Crippen LogP contribution < -0.4 is 0 Å². The second-order valence-corrected chi connectivity index (χ2v) is 4.57. The highest BCUT2D eigenvalue weighted by Gasteiger charge is 1.95. The fourth-order valence-corrected chi connectivity index (χ4v) is 2.36. The van der Waals surface area contributed by atoms with Crippen LogP contribution in [0.5, 0.6) is 0 Å². The number of hydrogen-bond donors (Lipinski definition) is 2. The summed E-state index contributed by atoms with van der Waals surface area (Å²) in [5.41, 5.74) is 4.53. The van der Waals surface area contributed by atoms with Gasteiger partial charge in [-0.2, -0.15) is 0 Å². The molecule has 0 atom stereocenters. The SMILES string of the molecule is c1cc2ccc1[nH]c1ccc(cc1)c1ccc2[nH]1. The third-order valence-electron chi connectivity index (χ3n) is 3.37. The standard InChI is InChI=1S/C16H12N2/c1-5-13-6-2-11(1)15-9-10-16(18-15)12-3-7-14(17-13)8-4-12/h1-10,17-18H. The largest absolute Gasteiger partial charge is 0.356 e. The van der Waals surface area contributed by atoms with Crippen molar-refractivity contribution in [3.05, 3.63) is 60.7 Å². The molecule has 7 rings (SSSR count). The highest BCUT2D eigenvalue weighted by molar-refractivity contribution is 5.88. The minimum atomic E-state index is 1.11. The van der Waals surface area contributed by atoms with Gasteiger partial charge < -0.3 is 9.97 Å². The van der Waals surface area contributed by atoms with Gasteiger partial charge in [0.25, 0.3) is 0 Å². The first-order chi connectivity index (χ1) is 8.88. The van der Waals surface area contributed by atoms with Crippen LogP contribution in [0, 0.1) is 0 Å². The smallest absolute Gasteiger partial charge is 0.0458 e. The lowest BCUT2D eigenvalue weighted by Crippen LogP contribution is -1.76. The van der Waals surface area contributed by atoms with E-state index in [0.29, 0.717) is 0 Å². The Bertz CT molecular complexity index is 770. The average Bonchev–Trinajstić information content (AvgIpc) is 2.89. The van der Waals surface area contributed by atoms with E-state index in [1.165, 1.54) is 10.8 Å². The highest BCUT2D eigenvalue weighted by atomic mass is 14.7. The number of nitrogens with one attached hydrogen (secondary N) is 2. The van der Waals surface area contributed by atoms with E-state index < -0.39 is 0 Å². The van der Waals surface area contributed by atoms with E-state index in [4.69, 9.17) is 0 Å². The fourth-order valence-electron chi connectivity index (χ4n) is 2.36. The van der Waals surface area contributed by atoms with Crippen molar-refractivity contribution in [1.29, 1.82) is 0 Å². The lowest BCUT2D eigenvalue weighted by Gasteiger charge is -1.96. The minimum absolute atomic E-state index is 1.11. The molecule has 7 aromatic rings. The Morgan fingerprint density at radius 1 is 0.444 bits per heavy atom. The van der Waals surface area contributed by atoms with Gasteiger partial charge in [0.05, 0.1) is 0 Å². The van der Waals surface area contributed by atoms with Crippen molar-refractivity contribution in [3.8, 4) is 0 Å². The molecule has 2 heteroatoms. The van der Waals surface area contributed by atoms with Gasteiger partial charge in [-0.25, -0.2) is 0 Å². The van der Waals surface area contributed by atoms with Gasteiger partial charge in [-0.1, -0.05) is 24.3 Å². The van der Waals surface area contributed by atoms with E-state index >= 15 is 0 Å². The predicted octanol–water partition coefficient (Wildman–Crippen LogP) is 4.36. The second-order valence-electron chi connectivity index (χ2n) is 4.57. The molecule has 2 nitrogen and oxygen atoms in total. The van der Waals surface area contributed by atoms with Crippen molar-refractivity contribution >= 4 is 32.8 Å². The molecule has 0 spiro atoms. The summed E-state index contributed by atoms with van der Waals surface area (Å²) in [6.07, 6.45) is 0. The lowest BCUT2D eigenvalue weighted by atomic mass is 10.2. The Kier molecular flexibility index (Phi) is 1.86. The molecule has 6 bridgehead atoms. The summed E-state index contributed by atoms with van der Waals surface area (Å²) in [7, 11) is 0. The van der Waals surface area contributed by atoms with E-state index in [2.05, 4.69) is 70.6 Å². The van der Waals surface area contributed by atoms with Crippen LogP contribution in [0.3, 0.4) is 0 Å². The summed E-state index contributed by atoms with van der Waals surface area (Å²) >= 11 is 0. The monoisotopic (exact) mass is 232 g/mol. The van der Waals surface area contributed by atoms with E-state index in [-0.39, 0.29) is 0 Å². The molecular formula is C16H12N2. The minimum Gasteiger partial charge on any atom is -0.356 e. The Morgan fingerprint density at radius 3 is 1.33 bits per heavy atom. The average molecular weight is 232 g/mol. The molecule has 2 N–H and O–H groups in total. The van der Waals surface area contributed by atoms with Crippen molar-refractivity contribution in [2.45, 2.75) is 0 Å². The number of rotatable bonds is 0. The van der Waals surface area contributed by atoms with Crippen LogP contribution in [0.25, 0.3) is 32.8 Å². The molecular weight excluding hydrogens is 220 g/mol. The summed E-state index contributed by atoms with van der Waals surface area (Å²) in [5, 5.41) is 2.42. The molecule has 5 aromatic heterocycles. The quantitative estimate of drug-likeness (QED) is 0.451. The van der Waals surface area contributed by atoms with Gasteiger partial charge >= 0.3 is 0 Å². The molecule has 0 radical (unpaired) electrons. The number of H-pyrrole nitrogens is 2. The Morgan fingerprint density at radius 2 is 0.889 bits per heavy atom. The summed E-state index contributed by atoms with van der Waals surface area (Å²) in [6.45, 7) is 0. The van der Waals surface area contributed by atoms with E-state index in [1.54, 1.807) is 0 Å². The molecule has 0 aliphatic heterocycles. The zero-order valence-electron chi connectivity index (χ0n) is 9.77. The molecule has 0 saturated heterocycles. The van der Waals surface area contributed by atoms with Crippen LogP contribution in [0.15, 0.2) is 60.7 Å². The summed E-state index contributed by atoms with van der Waals surface area (Å²) in [5.74, 6) is 0. The van der Waals surface area contributed by atoms with Crippen molar-refractivity contribution in [2.24, 2.45) is 0 Å². The maximum atomic E-state index is 3.46. The number of hydrogen-bond acceptors (Lipinski definition) is 0. The topological polar surface area (TPSA) is 31.6 Å². The van der Waals surface area contributed by atoms with Crippen LogP contribution in [0.4, 0.5) is 0 Å². The first kappa shape index (κ1) is 9.54. The van der Waals surface area contributed by atoms with Crippen molar-refractivity contribution in [1.82, 2.24) is 9.97 Å². The van der Waals surface area contributed by atoms with E-state index in [9.17, 15) is 0 Å². The molecule has 0 aliphatic rings. The molecule has 18 heavy (non-hydrogen) atoms. The van der Waals surface area contributed by atoms with Gasteiger partial charge in [0.1, 0.15) is 0 Å². The molecule has 0 aliphatic carbocycles. The zero-order valence-corrected chi connectivity index (χ0v) is 9.77. The van der Waals surface area contributed by atoms with Gasteiger partial charge in [-0.05, 0) is 47.2 Å². The third kappa shape index (κ3) is 1.43. The third-order valence-corrected chi connectivity index (χ3v) is 3.37. The van der Waals surface area contributed by atoms with Crippen molar-refractivity contribution < 1.29 is 0 Å². The Balaban J connectivity index is 2.32. The molecule has 0 unspecified atom stereocenters. The molecule has 5 heterocycles. The van der Waals surface area contributed by atoms with E-state index in [1.807, 2.05) is 0 Å². The normalized spacial score (nSPS) is 11.3. The molecule has 2 aromatic carbocycles. The maximum Gasteiger partial charge on any atom is 0.0458 e. The molecule has 0 saturated carbocycles. The Labute approximate surface area is 104 Å². The van der Waals surface area contributed by atoms with Crippen LogP contribution in [0.2, 0.25) is 0 Å². The van der Waals surface area contributed by atoms with Gasteiger partial charge in [0.2, 0.25) is 0 Å². The van der Waals surface area contributed by atoms with Gasteiger partial charge in [0.15, 0.2) is 0 Å². The van der Waals surface area contributed by atoms with Gasteiger partial charge in [-0.3, -0.25) is 0 Å². The van der Waals surface area contributed by atoms with Crippen molar-refractivity contribution in [3.63, 3.8) is 0 Å². The predicted molar refractivity (Wildman–Crippen MR) is 76.5 cm³/mol. The molecule has 0 amide bonds.